The van der Waals surface area contributed by atoms with Gasteiger partial charge >= 0.3 is 10.1 Å². The summed E-state index contributed by atoms with van der Waals surface area (Å²) < 4.78 is 28.0. The zero-order chi connectivity index (χ0) is 16.3. The molecule has 0 aliphatic rings. The van der Waals surface area contributed by atoms with Gasteiger partial charge in [0.15, 0.2) is 5.71 Å². The van der Waals surface area contributed by atoms with Gasteiger partial charge in [0.1, 0.15) is 6.07 Å². The van der Waals surface area contributed by atoms with Gasteiger partial charge in [0.25, 0.3) is 0 Å². The summed E-state index contributed by atoms with van der Waals surface area (Å²) in [5.74, 6) is -0.0991. The molecule has 0 bridgehead atoms. The maximum absolute atomic E-state index is 11.7. The van der Waals surface area contributed by atoms with Crippen molar-refractivity contribution in [2.75, 3.05) is 5.75 Å². The average Bonchev–Trinajstić information content (AvgIpc) is 2.52. The van der Waals surface area contributed by atoms with E-state index in [9.17, 15) is 8.42 Å². The molecule has 0 N–H and O–H groups in total. The van der Waals surface area contributed by atoms with Crippen molar-refractivity contribution in [2.24, 2.45) is 5.16 Å². The van der Waals surface area contributed by atoms with Crippen molar-refractivity contribution in [3.8, 4) is 6.07 Å². The largest absolute Gasteiger partial charge is 0.328 e. The summed E-state index contributed by atoms with van der Waals surface area (Å²) in [7, 11) is -3.75. The van der Waals surface area contributed by atoms with Crippen LogP contribution in [-0.4, -0.2) is 19.9 Å². The predicted octanol–water partition coefficient (Wildman–Crippen LogP) is 3.40. The fraction of sp³-hybridized carbons (Fsp3) is 0.375. The van der Waals surface area contributed by atoms with Gasteiger partial charge in [-0.3, -0.25) is 4.28 Å². The van der Waals surface area contributed by atoms with E-state index in [1.807, 2.05) is 12.1 Å². The molecule has 1 aromatic carbocycles. The first-order valence-electron chi connectivity index (χ1n) is 7.15. The number of nitrogens with zero attached hydrogens (tertiary/aromatic N) is 2. The Hall–Kier alpha value is -2.13. The molecule has 0 saturated heterocycles. The zero-order valence-corrected chi connectivity index (χ0v) is 13.3. The van der Waals surface area contributed by atoms with Gasteiger partial charge in [0.05, 0.1) is 5.75 Å². The van der Waals surface area contributed by atoms with Crippen LogP contribution in [0.4, 0.5) is 0 Å². The molecule has 0 unspecified atom stereocenters. The number of oxime groups is 1. The van der Waals surface area contributed by atoms with Gasteiger partial charge in [-0.15, -0.1) is 6.58 Å². The van der Waals surface area contributed by atoms with Crippen LogP contribution in [0, 0.1) is 11.3 Å². The fourth-order valence-corrected chi connectivity index (χ4v) is 2.61. The van der Waals surface area contributed by atoms with Crippen molar-refractivity contribution in [1.82, 2.24) is 0 Å². The van der Waals surface area contributed by atoms with Gasteiger partial charge in [-0.2, -0.15) is 13.7 Å². The minimum atomic E-state index is -3.75. The van der Waals surface area contributed by atoms with Gasteiger partial charge in [0.2, 0.25) is 0 Å². The highest BCUT2D eigenvalue weighted by molar-refractivity contribution is 7.86. The molecule has 0 aliphatic heterocycles. The molecular formula is C16H20N2O3S. The van der Waals surface area contributed by atoms with E-state index in [1.165, 1.54) is 0 Å². The Morgan fingerprint density at radius 3 is 2.55 bits per heavy atom. The highest BCUT2D eigenvalue weighted by Gasteiger charge is 2.12. The van der Waals surface area contributed by atoms with Crippen LogP contribution in [0.3, 0.4) is 0 Å². The van der Waals surface area contributed by atoms with Crippen LogP contribution in [0.25, 0.3) is 0 Å². The Morgan fingerprint density at radius 2 is 1.91 bits per heavy atom. The van der Waals surface area contributed by atoms with E-state index in [2.05, 4.69) is 16.0 Å². The minimum absolute atomic E-state index is 0.0600. The van der Waals surface area contributed by atoms with E-state index < -0.39 is 10.1 Å². The first-order valence-corrected chi connectivity index (χ1v) is 8.72. The quantitative estimate of drug-likeness (QED) is 0.286. The Bertz CT molecular complexity index is 631. The third-order valence-electron chi connectivity index (χ3n) is 2.95. The topological polar surface area (TPSA) is 79.5 Å². The molecule has 1 aromatic rings. The van der Waals surface area contributed by atoms with Gasteiger partial charge < -0.3 is 0 Å². The number of rotatable bonds is 10. The molecule has 0 heterocycles. The number of nitriles is 1. The summed E-state index contributed by atoms with van der Waals surface area (Å²) in [6.45, 7) is 3.63. The molecule has 5 nitrogen and oxygen atoms in total. The molecule has 0 spiro atoms. The van der Waals surface area contributed by atoms with Crippen LogP contribution in [0.1, 0.15) is 37.7 Å². The molecule has 1 rings (SSSR count). The normalized spacial score (nSPS) is 11.7. The van der Waals surface area contributed by atoms with Crippen LogP contribution >= 0.6 is 0 Å². The molecule has 22 heavy (non-hydrogen) atoms. The molecule has 118 valence electrons. The standard InChI is InChI=1S/C16H20N2O3S/c1-2-3-4-5-6-10-13-22(19,20)21-18-16(14-17)15-11-8-7-9-12-15/h2,7-9,11-12H,1,3-6,10,13H2. The monoisotopic (exact) mass is 320 g/mol. The van der Waals surface area contributed by atoms with Crippen molar-refractivity contribution >= 4 is 15.8 Å². The second kappa shape index (κ2) is 9.74. The van der Waals surface area contributed by atoms with Gasteiger partial charge in [-0.05, 0) is 19.3 Å². The van der Waals surface area contributed by atoms with E-state index in [-0.39, 0.29) is 11.5 Å². The Labute approximate surface area is 132 Å². The highest BCUT2D eigenvalue weighted by Crippen LogP contribution is 2.08. The van der Waals surface area contributed by atoms with Crippen molar-refractivity contribution < 1.29 is 12.7 Å². The number of benzene rings is 1. The van der Waals surface area contributed by atoms with Crippen LogP contribution in [-0.2, 0) is 14.4 Å². The van der Waals surface area contributed by atoms with E-state index in [1.54, 1.807) is 30.3 Å². The summed E-state index contributed by atoms with van der Waals surface area (Å²) in [4.78, 5) is 0. The SMILES string of the molecule is C=CCCCCCCS(=O)(=O)ON=C(C#N)c1ccccc1. The molecule has 0 aromatic heterocycles. The minimum Gasteiger partial charge on any atom is -0.267 e. The van der Waals surface area contributed by atoms with Gasteiger partial charge in [-0.1, -0.05) is 54.4 Å². The van der Waals surface area contributed by atoms with Crippen LogP contribution in [0.15, 0.2) is 48.1 Å². The van der Waals surface area contributed by atoms with E-state index in [4.69, 9.17) is 5.26 Å². The first kappa shape index (κ1) is 17.9. The Kier molecular flexibility index (Phi) is 7.94. The number of hydrogen-bond donors (Lipinski definition) is 0. The molecule has 0 atom stereocenters. The smallest absolute Gasteiger partial charge is 0.267 e. The fourth-order valence-electron chi connectivity index (χ4n) is 1.79. The molecule has 0 radical (unpaired) electrons. The molecule has 0 amide bonds. The van der Waals surface area contributed by atoms with E-state index in [0.29, 0.717) is 12.0 Å². The molecule has 6 heteroatoms. The second-order valence-electron chi connectivity index (χ2n) is 4.75. The van der Waals surface area contributed by atoms with Gasteiger partial charge in [0, 0.05) is 5.56 Å². The molecule has 0 saturated carbocycles. The zero-order valence-electron chi connectivity index (χ0n) is 12.4. The lowest BCUT2D eigenvalue weighted by Gasteiger charge is -2.02. The average molecular weight is 320 g/mol. The van der Waals surface area contributed by atoms with Crippen LogP contribution < -0.4 is 0 Å². The van der Waals surface area contributed by atoms with Crippen LogP contribution in [0.2, 0.25) is 0 Å². The Morgan fingerprint density at radius 1 is 1.23 bits per heavy atom. The van der Waals surface area contributed by atoms with Crippen molar-refractivity contribution in [1.29, 1.82) is 5.26 Å². The van der Waals surface area contributed by atoms with Crippen molar-refractivity contribution in [2.45, 2.75) is 32.1 Å². The molecule has 0 fully saturated rings. The lowest BCUT2D eigenvalue weighted by molar-refractivity contribution is 0.338. The van der Waals surface area contributed by atoms with E-state index in [0.717, 1.165) is 25.7 Å². The maximum atomic E-state index is 11.7. The molecule has 0 aliphatic carbocycles. The number of hydrogen-bond acceptors (Lipinski definition) is 5. The van der Waals surface area contributed by atoms with E-state index >= 15 is 0 Å². The van der Waals surface area contributed by atoms with Crippen molar-refractivity contribution in [3.05, 3.63) is 48.6 Å². The van der Waals surface area contributed by atoms with Gasteiger partial charge in [-0.25, -0.2) is 0 Å². The predicted molar refractivity (Wildman–Crippen MR) is 86.7 cm³/mol. The van der Waals surface area contributed by atoms with Crippen LogP contribution in [0.5, 0.6) is 0 Å². The second-order valence-corrected chi connectivity index (χ2v) is 6.42. The van der Waals surface area contributed by atoms with Crippen molar-refractivity contribution in [3.63, 3.8) is 0 Å². The third-order valence-corrected chi connectivity index (χ3v) is 4.04. The Balaban J connectivity index is 2.48. The lowest BCUT2D eigenvalue weighted by atomic mass is 10.1. The summed E-state index contributed by atoms with van der Waals surface area (Å²) in [6.07, 6.45) is 6.08. The highest BCUT2D eigenvalue weighted by atomic mass is 32.2. The third kappa shape index (κ3) is 7.04. The molecular weight excluding hydrogens is 300 g/mol. The number of unbranched alkanes of at least 4 members (excludes halogenated alkanes) is 4. The lowest BCUT2D eigenvalue weighted by Crippen LogP contribution is -2.09. The summed E-state index contributed by atoms with van der Waals surface area (Å²) in [5, 5.41) is 12.5. The summed E-state index contributed by atoms with van der Waals surface area (Å²) in [5.41, 5.74) is 0.458. The summed E-state index contributed by atoms with van der Waals surface area (Å²) >= 11 is 0. The first-order chi connectivity index (χ1) is 10.6. The maximum Gasteiger partial charge on any atom is 0.328 e. The summed E-state index contributed by atoms with van der Waals surface area (Å²) in [6, 6.07) is 10.4. The number of allylic oxidation sites excluding steroid dienone is 1.